The molecule has 1 aliphatic rings. The van der Waals surface area contributed by atoms with E-state index in [0.717, 1.165) is 31.8 Å². The van der Waals surface area contributed by atoms with Gasteiger partial charge in [-0.05, 0) is 97.5 Å². The Labute approximate surface area is 329 Å². The summed E-state index contributed by atoms with van der Waals surface area (Å²) in [6, 6.07) is 8.91. The van der Waals surface area contributed by atoms with E-state index in [0.29, 0.717) is 28.8 Å². The SMILES string of the molecule is CC.CC(C)(C)C(C)(C)C.CC(C)NS(=O)(=O)C1CC1.CC(C)OCC(C)(C)C/C=C/C(C)(C)C.CC(C)c1cccc(C(C)C)c1.CCC(C)C. The number of sulfonamides is 1. The summed E-state index contributed by atoms with van der Waals surface area (Å²) in [6.45, 7) is 53.1. The van der Waals surface area contributed by atoms with Crippen molar-refractivity contribution in [1.29, 1.82) is 0 Å². The summed E-state index contributed by atoms with van der Waals surface area (Å²) in [6.07, 6.45) is 8.95. The lowest BCUT2D eigenvalue weighted by molar-refractivity contribution is 0.0225. The summed E-state index contributed by atoms with van der Waals surface area (Å²) in [4.78, 5) is 0. The second-order valence-corrected chi connectivity index (χ2v) is 21.8. The number of allylic oxidation sites excluding steroid dienone is 2. The Morgan fingerprint density at radius 1 is 0.750 bits per heavy atom. The summed E-state index contributed by atoms with van der Waals surface area (Å²) in [5.41, 5.74) is 4.29. The van der Waals surface area contributed by atoms with Crippen molar-refractivity contribution < 1.29 is 13.2 Å². The van der Waals surface area contributed by atoms with Crippen LogP contribution in [0, 0.1) is 27.6 Å². The van der Waals surface area contributed by atoms with Gasteiger partial charge in [0.25, 0.3) is 0 Å². The molecule has 52 heavy (non-hydrogen) atoms. The lowest BCUT2D eigenvalue weighted by Gasteiger charge is -2.34. The number of hydrogen-bond acceptors (Lipinski definition) is 3. The zero-order valence-corrected chi connectivity index (χ0v) is 40.4. The molecule has 5 heteroatoms. The van der Waals surface area contributed by atoms with Crippen molar-refractivity contribution in [2.24, 2.45) is 27.6 Å². The van der Waals surface area contributed by atoms with Crippen LogP contribution >= 0.6 is 0 Å². The molecule has 1 aromatic carbocycles. The van der Waals surface area contributed by atoms with Gasteiger partial charge in [0.05, 0.1) is 18.0 Å². The summed E-state index contributed by atoms with van der Waals surface area (Å²) in [7, 11) is -2.94. The van der Waals surface area contributed by atoms with Crippen molar-refractivity contribution in [3.05, 3.63) is 47.5 Å². The van der Waals surface area contributed by atoms with Crippen LogP contribution in [-0.2, 0) is 14.8 Å². The fourth-order valence-electron chi connectivity index (χ4n) is 3.26. The van der Waals surface area contributed by atoms with E-state index in [1.165, 1.54) is 17.5 Å². The number of hydrogen-bond donors (Lipinski definition) is 1. The molecule has 1 aromatic rings. The molecule has 1 saturated carbocycles. The molecule has 312 valence electrons. The number of nitrogens with one attached hydrogen (secondary N) is 1. The first kappa shape index (κ1) is 57.6. The maximum Gasteiger partial charge on any atom is 0.214 e. The van der Waals surface area contributed by atoms with E-state index in [-0.39, 0.29) is 22.1 Å². The molecular weight excluding hydrogens is 659 g/mol. The van der Waals surface area contributed by atoms with Gasteiger partial charge in [-0.15, -0.1) is 0 Å². The molecule has 0 aliphatic heterocycles. The standard InChI is InChI=1S/C14H28O.C12H18.C8H18.C6H13NO2S.C5H12.C2H6/c1-12(2)15-11-14(6,7)10-8-9-13(3,4)5;1-9(2)11-6-5-7-12(8-11)10(3)4;1-7(2,3)8(4,5)6;1-5(2)7-10(8,9)6-3-4-6;1-4-5(2)3;1-2/h8-9,12H,10-11H2,1-7H3;5-10H,1-4H3;1-6H3;5-7H,3-4H2,1-2H3;5H,4H2,1-3H3;1-2H3/b9-8+;;;;;. The van der Waals surface area contributed by atoms with Gasteiger partial charge in [0.1, 0.15) is 0 Å². The molecule has 1 N–H and O–H groups in total. The third-order valence-corrected chi connectivity index (χ3v) is 10.9. The van der Waals surface area contributed by atoms with Crippen LogP contribution in [-0.4, -0.2) is 32.4 Å². The van der Waals surface area contributed by atoms with Gasteiger partial charge in [-0.1, -0.05) is 181 Å². The maximum absolute atomic E-state index is 11.1. The van der Waals surface area contributed by atoms with Gasteiger partial charge in [0.2, 0.25) is 10.0 Å². The van der Waals surface area contributed by atoms with Crippen LogP contribution in [0.2, 0.25) is 0 Å². The highest BCUT2D eigenvalue weighted by Crippen LogP contribution is 2.36. The van der Waals surface area contributed by atoms with Crippen molar-refractivity contribution in [2.45, 2.75) is 221 Å². The highest BCUT2D eigenvalue weighted by atomic mass is 32.2. The topological polar surface area (TPSA) is 55.4 Å². The Hall–Kier alpha value is -1.17. The average Bonchev–Trinajstić information content (AvgIpc) is 3.83. The zero-order chi connectivity index (χ0) is 42.3. The molecule has 0 atom stereocenters. The molecule has 0 radical (unpaired) electrons. The molecule has 0 aromatic heterocycles. The second-order valence-electron chi connectivity index (χ2n) is 19.8. The first-order valence-corrected chi connectivity index (χ1v) is 22.2. The van der Waals surface area contributed by atoms with Crippen LogP contribution in [0.15, 0.2) is 36.4 Å². The first-order valence-electron chi connectivity index (χ1n) is 20.7. The molecule has 2 rings (SSSR count). The molecule has 0 amide bonds. The van der Waals surface area contributed by atoms with Gasteiger partial charge in [-0.25, -0.2) is 13.1 Å². The Bertz CT molecular complexity index is 1080. The van der Waals surface area contributed by atoms with E-state index >= 15 is 0 Å². The predicted octanol–water partition coefficient (Wildman–Crippen LogP) is 15.0. The van der Waals surface area contributed by atoms with Crippen LogP contribution in [0.25, 0.3) is 0 Å². The smallest absolute Gasteiger partial charge is 0.214 e. The largest absolute Gasteiger partial charge is 0.378 e. The van der Waals surface area contributed by atoms with Crippen LogP contribution < -0.4 is 4.72 Å². The Morgan fingerprint density at radius 2 is 1.13 bits per heavy atom. The fraction of sp³-hybridized carbons (Fsp3) is 0.830. The quantitative estimate of drug-likeness (QED) is 0.229. The average molecular weight is 754 g/mol. The molecule has 0 heterocycles. The fourth-order valence-corrected chi connectivity index (χ4v) is 4.87. The van der Waals surface area contributed by atoms with Crippen molar-refractivity contribution in [1.82, 2.24) is 4.72 Å². The van der Waals surface area contributed by atoms with Crippen molar-refractivity contribution in [3.8, 4) is 0 Å². The lowest BCUT2D eigenvalue weighted by Crippen LogP contribution is -2.32. The molecular formula is C47H95NO3S. The summed E-state index contributed by atoms with van der Waals surface area (Å²) in [5.74, 6) is 2.17. The second kappa shape index (κ2) is 27.4. The van der Waals surface area contributed by atoms with Crippen LogP contribution in [0.4, 0.5) is 0 Å². The third kappa shape index (κ3) is 35.8. The molecule has 4 nitrogen and oxygen atoms in total. The van der Waals surface area contributed by atoms with Gasteiger partial charge in [0, 0.05) is 6.04 Å². The molecule has 1 fully saturated rings. The van der Waals surface area contributed by atoms with E-state index in [1.807, 2.05) is 27.7 Å². The number of rotatable bonds is 11. The van der Waals surface area contributed by atoms with Crippen LogP contribution in [0.5, 0.6) is 0 Å². The summed E-state index contributed by atoms with van der Waals surface area (Å²) < 4.78 is 30.4. The zero-order valence-electron chi connectivity index (χ0n) is 39.6. The van der Waals surface area contributed by atoms with Crippen LogP contribution in [0.1, 0.15) is 215 Å². The van der Waals surface area contributed by atoms with Gasteiger partial charge >= 0.3 is 0 Å². The summed E-state index contributed by atoms with van der Waals surface area (Å²) in [5, 5.41) is -0.0881. The Morgan fingerprint density at radius 3 is 1.38 bits per heavy atom. The first-order chi connectivity index (χ1) is 23.3. The highest BCUT2D eigenvalue weighted by molar-refractivity contribution is 7.90. The van der Waals surface area contributed by atoms with E-state index < -0.39 is 10.0 Å². The van der Waals surface area contributed by atoms with E-state index in [9.17, 15) is 8.42 Å². The van der Waals surface area contributed by atoms with E-state index in [2.05, 4.69) is 180 Å². The molecule has 0 unspecified atom stereocenters. The normalized spacial score (nSPS) is 13.7. The van der Waals surface area contributed by atoms with Crippen LogP contribution in [0.3, 0.4) is 0 Å². The third-order valence-electron chi connectivity index (χ3n) is 8.77. The van der Waals surface area contributed by atoms with Gasteiger partial charge < -0.3 is 4.74 Å². The molecule has 0 saturated heterocycles. The van der Waals surface area contributed by atoms with E-state index in [4.69, 9.17) is 4.74 Å². The van der Waals surface area contributed by atoms with Crippen molar-refractivity contribution in [2.75, 3.05) is 6.61 Å². The molecule has 0 spiro atoms. The summed E-state index contributed by atoms with van der Waals surface area (Å²) >= 11 is 0. The number of benzene rings is 1. The Balaban J connectivity index is -0.000000283. The van der Waals surface area contributed by atoms with Gasteiger partial charge in [-0.3, -0.25) is 0 Å². The van der Waals surface area contributed by atoms with Crippen molar-refractivity contribution >= 4 is 10.0 Å². The Kier molecular flexibility index (Phi) is 30.3. The minimum atomic E-state index is -2.94. The minimum Gasteiger partial charge on any atom is -0.378 e. The lowest BCUT2D eigenvalue weighted by atomic mass is 9.71. The highest BCUT2D eigenvalue weighted by Gasteiger charge is 2.35. The predicted molar refractivity (Wildman–Crippen MR) is 238 cm³/mol. The van der Waals surface area contributed by atoms with Gasteiger partial charge in [0.15, 0.2) is 0 Å². The monoisotopic (exact) mass is 754 g/mol. The maximum atomic E-state index is 11.1. The van der Waals surface area contributed by atoms with E-state index in [1.54, 1.807) is 0 Å². The minimum absolute atomic E-state index is 0.0330. The van der Waals surface area contributed by atoms with Gasteiger partial charge in [-0.2, -0.15) is 0 Å². The molecule has 1 aliphatic carbocycles. The molecule has 0 bridgehead atoms. The number of ether oxygens (including phenoxy) is 1. The van der Waals surface area contributed by atoms with Crippen molar-refractivity contribution in [3.63, 3.8) is 0 Å².